The molecule has 0 radical (unpaired) electrons. The van der Waals surface area contributed by atoms with Crippen molar-refractivity contribution < 1.29 is 38.9 Å². The minimum Gasteiger partial charge on any atom is -0.481 e. The Morgan fingerprint density at radius 3 is 1.82 bits per heavy atom. The van der Waals surface area contributed by atoms with Gasteiger partial charge in [-0.15, -0.1) is 0 Å². The lowest BCUT2D eigenvalue weighted by Gasteiger charge is -2.30. The zero-order valence-corrected chi connectivity index (χ0v) is 18.4. The van der Waals surface area contributed by atoms with Gasteiger partial charge in [-0.05, 0) is 30.9 Å². The third-order valence-corrected chi connectivity index (χ3v) is 5.42. The highest BCUT2D eigenvalue weighted by Crippen LogP contribution is 2.35. The number of hydrogen-bond acceptors (Lipinski definition) is 6. The Labute approximate surface area is 192 Å². The zero-order valence-electron chi connectivity index (χ0n) is 18.4. The first-order valence-electron chi connectivity index (χ1n) is 10.6. The van der Waals surface area contributed by atoms with Gasteiger partial charge < -0.3 is 19.7 Å². The summed E-state index contributed by atoms with van der Waals surface area (Å²) in [6.45, 7) is 0.918. The van der Waals surface area contributed by atoms with Crippen molar-refractivity contribution in [1.82, 2.24) is 0 Å². The molecule has 2 aromatic carbocycles. The van der Waals surface area contributed by atoms with Gasteiger partial charge in [0.15, 0.2) is 5.41 Å². The molecule has 8 nitrogen and oxygen atoms in total. The number of unbranched alkanes of at least 4 members (excludes halogenated alkanes) is 1. The van der Waals surface area contributed by atoms with E-state index in [-0.39, 0.29) is 38.9 Å². The van der Waals surface area contributed by atoms with Crippen molar-refractivity contribution in [2.75, 3.05) is 0 Å². The van der Waals surface area contributed by atoms with Crippen LogP contribution in [0.4, 0.5) is 0 Å². The van der Waals surface area contributed by atoms with Crippen LogP contribution in [0, 0.1) is 11.3 Å². The lowest BCUT2D eigenvalue weighted by Crippen LogP contribution is -2.48. The predicted octanol–water partition coefficient (Wildman–Crippen LogP) is 3.83. The van der Waals surface area contributed by atoms with Crippen molar-refractivity contribution >= 4 is 23.9 Å². The molecule has 2 aromatic rings. The number of carboxylic acid groups (broad SMARTS) is 2. The summed E-state index contributed by atoms with van der Waals surface area (Å²) in [4.78, 5) is 48.9. The van der Waals surface area contributed by atoms with Gasteiger partial charge in [-0.25, -0.2) is 0 Å². The number of esters is 2. The molecule has 8 heteroatoms. The lowest BCUT2D eigenvalue weighted by atomic mass is 9.74. The van der Waals surface area contributed by atoms with Gasteiger partial charge >= 0.3 is 23.9 Å². The number of carboxylic acids is 2. The molecule has 0 aliphatic heterocycles. The monoisotopic (exact) mass is 456 g/mol. The summed E-state index contributed by atoms with van der Waals surface area (Å²) < 4.78 is 10.6. The standard InChI is InChI=1S/C25H28O8/c1-25(23(29)30,24(31)33-17-19-12-6-3-7-13-19)20(14-8-9-15-21(26)27)22(28)32-16-18-10-4-2-5-11-18/h2-7,10-13,20H,8-9,14-17H2,1H3,(H,26,27)(H,29,30). The van der Waals surface area contributed by atoms with E-state index in [4.69, 9.17) is 14.6 Å². The number of carbonyl (C=O) groups is 4. The van der Waals surface area contributed by atoms with Crippen molar-refractivity contribution in [3.63, 3.8) is 0 Å². The fraction of sp³-hybridized carbons (Fsp3) is 0.360. The van der Waals surface area contributed by atoms with E-state index in [2.05, 4.69) is 0 Å². The predicted molar refractivity (Wildman–Crippen MR) is 118 cm³/mol. The van der Waals surface area contributed by atoms with E-state index >= 15 is 0 Å². The van der Waals surface area contributed by atoms with Crippen LogP contribution in [0.5, 0.6) is 0 Å². The average molecular weight is 456 g/mol. The smallest absolute Gasteiger partial charge is 0.324 e. The largest absolute Gasteiger partial charge is 0.481 e. The molecule has 0 saturated carbocycles. The fourth-order valence-electron chi connectivity index (χ4n) is 3.35. The maximum atomic E-state index is 13.0. The van der Waals surface area contributed by atoms with Crippen molar-refractivity contribution in [1.29, 1.82) is 0 Å². The lowest BCUT2D eigenvalue weighted by molar-refractivity contribution is -0.181. The van der Waals surface area contributed by atoms with Crippen molar-refractivity contribution in [3.05, 3.63) is 71.8 Å². The van der Waals surface area contributed by atoms with E-state index in [1.165, 1.54) is 0 Å². The number of ether oxygens (including phenoxy) is 2. The zero-order chi connectivity index (χ0) is 24.3. The Bertz CT molecular complexity index is 941. The van der Waals surface area contributed by atoms with Crippen LogP contribution in [-0.2, 0) is 41.9 Å². The molecular weight excluding hydrogens is 428 g/mol. The van der Waals surface area contributed by atoms with E-state index in [0.717, 1.165) is 6.92 Å². The summed E-state index contributed by atoms with van der Waals surface area (Å²) in [6, 6.07) is 17.6. The maximum Gasteiger partial charge on any atom is 0.324 e. The van der Waals surface area contributed by atoms with Crippen molar-refractivity contribution in [3.8, 4) is 0 Å². The van der Waals surface area contributed by atoms with Crippen LogP contribution in [0.15, 0.2) is 60.7 Å². The van der Waals surface area contributed by atoms with E-state index < -0.39 is 35.2 Å². The molecule has 0 spiro atoms. The van der Waals surface area contributed by atoms with E-state index in [1.807, 2.05) is 0 Å². The van der Waals surface area contributed by atoms with Gasteiger partial charge in [-0.2, -0.15) is 0 Å². The third-order valence-electron chi connectivity index (χ3n) is 5.42. The summed E-state index contributed by atoms with van der Waals surface area (Å²) in [5, 5.41) is 18.8. The Balaban J connectivity index is 2.19. The van der Waals surface area contributed by atoms with Crippen LogP contribution in [-0.4, -0.2) is 34.1 Å². The molecule has 0 amide bonds. The van der Waals surface area contributed by atoms with E-state index in [9.17, 15) is 24.3 Å². The van der Waals surface area contributed by atoms with E-state index in [1.54, 1.807) is 60.7 Å². The van der Waals surface area contributed by atoms with Crippen molar-refractivity contribution in [2.24, 2.45) is 11.3 Å². The normalized spacial score (nSPS) is 13.4. The van der Waals surface area contributed by atoms with Crippen molar-refractivity contribution in [2.45, 2.75) is 45.8 Å². The molecule has 0 fully saturated rings. The summed E-state index contributed by atoms with van der Waals surface area (Å²) >= 11 is 0. The first-order valence-corrected chi connectivity index (χ1v) is 10.6. The fourth-order valence-corrected chi connectivity index (χ4v) is 3.35. The SMILES string of the molecule is CC(C(=O)O)(C(=O)OCc1ccccc1)C(CCCCC(=O)O)C(=O)OCc1ccccc1. The van der Waals surface area contributed by atoms with Gasteiger partial charge in [-0.3, -0.25) is 19.2 Å². The van der Waals surface area contributed by atoms with Crippen LogP contribution in [0.2, 0.25) is 0 Å². The number of aliphatic carboxylic acids is 2. The first kappa shape index (κ1) is 25.6. The molecule has 0 aliphatic carbocycles. The third kappa shape index (κ3) is 7.45. The van der Waals surface area contributed by atoms with Crippen LogP contribution in [0.25, 0.3) is 0 Å². The van der Waals surface area contributed by atoms with Gasteiger partial charge in [-0.1, -0.05) is 67.1 Å². The molecule has 0 aliphatic rings. The molecule has 0 heterocycles. The van der Waals surface area contributed by atoms with Crippen LogP contribution >= 0.6 is 0 Å². The van der Waals surface area contributed by atoms with Crippen LogP contribution in [0.1, 0.15) is 43.7 Å². The molecule has 2 atom stereocenters. The first-order chi connectivity index (χ1) is 15.7. The second kappa shape index (κ2) is 12.4. The summed E-state index contributed by atoms with van der Waals surface area (Å²) in [5.41, 5.74) is -0.825. The summed E-state index contributed by atoms with van der Waals surface area (Å²) in [7, 11) is 0. The quantitative estimate of drug-likeness (QED) is 0.264. The number of benzene rings is 2. The van der Waals surface area contributed by atoms with Gasteiger partial charge in [0.1, 0.15) is 13.2 Å². The van der Waals surface area contributed by atoms with Gasteiger partial charge in [0.25, 0.3) is 0 Å². The topological polar surface area (TPSA) is 127 Å². The average Bonchev–Trinajstić information content (AvgIpc) is 2.81. The van der Waals surface area contributed by atoms with Gasteiger partial charge in [0.05, 0.1) is 5.92 Å². The Hall–Kier alpha value is -3.68. The summed E-state index contributed by atoms with van der Waals surface area (Å²) in [6.07, 6.45) is 0.289. The molecule has 0 bridgehead atoms. The molecule has 0 aromatic heterocycles. The Morgan fingerprint density at radius 1 is 0.818 bits per heavy atom. The second-order valence-electron chi connectivity index (χ2n) is 7.85. The molecule has 2 N–H and O–H groups in total. The van der Waals surface area contributed by atoms with Crippen LogP contribution in [0.3, 0.4) is 0 Å². The minimum atomic E-state index is -2.20. The number of rotatable bonds is 13. The van der Waals surface area contributed by atoms with Gasteiger partial charge in [0, 0.05) is 6.42 Å². The van der Waals surface area contributed by atoms with Gasteiger partial charge in [0.2, 0.25) is 0 Å². The van der Waals surface area contributed by atoms with E-state index in [0.29, 0.717) is 11.1 Å². The highest BCUT2D eigenvalue weighted by molar-refractivity contribution is 6.02. The Kier molecular flexibility index (Phi) is 9.60. The number of hydrogen-bond donors (Lipinski definition) is 2. The highest BCUT2D eigenvalue weighted by Gasteiger charge is 2.53. The summed E-state index contributed by atoms with van der Waals surface area (Å²) in [5.74, 6) is -5.77. The minimum absolute atomic E-state index is 0.0376. The van der Waals surface area contributed by atoms with Crippen LogP contribution < -0.4 is 0 Å². The molecule has 33 heavy (non-hydrogen) atoms. The molecule has 2 rings (SSSR count). The maximum absolute atomic E-state index is 13.0. The molecule has 176 valence electrons. The molecular formula is C25H28O8. The highest BCUT2D eigenvalue weighted by atomic mass is 16.5. The molecule has 0 saturated heterocycles. The molecule has 2 unspecified atom stereocenters. The number of carbonyl (C=O) groups excluding carboxylic acids is 2. The Morgan fingerprint density at radius 2 is 1.33 bits per heavy atom. The second-order valence-corrected chi connectivity index (χ2v) is 7.85.